The highest BCUT2D eigenvalue weighted by molar-refractivity contribution is 7.07. The van der Waals surface area contributed by atoms with Crippen molar-refractivity contribution in [3.05, 3.63) is 84.5 Å². The van der Waals surface area contributed by atoms with E-state index in [2.05, 4.69) is 4.99 Å². The van der Waals surface area contributed by atoms with Crippen LogP contribution in [-0.4, -0.2) is 50.0 Å². The van der Waals surface area contributed by atoms with Gasteiger partial charge in [0.15, 0.2) is 22.9 Å². The van der Waals surface area contributed by atoms with E-state index in [9.17, 15) is 14.4 Å². The number of methoxy groups -OCH3 is 1. The Morgan fingerprint density at radius 1 is 1.00 bits per heavy atom. The lowest BCUT2D eigenvalue weighted by molar-refractivity contribution is -0.145. The molecule has 0 N–H and O–H groups in total. The third-order valence-corrected chi connectivity index (χ3v) is 7.13. The molecule has 0 bridgehead atoms. The molecule has 4 rings (SSSR count). The van der Waals surface area contributed by atoms with E-state index in [0.717, 1.165) is 0 Å². The maximum atomic E-state index is 13.9. The summed E-state index contributed by atoms with van der Waals surface area (Å²) in [6.45, 7) is 7.59. The van der Waals surface area contributed by atoms with Crippen LogP contribution in [0.2, 0.25) is 0 Å². The van der Waals surface area contributed by atoms with Gasteiger partial charge in [-0.15, -0.1) is 0 Å². The van der Waals surface area contributed by atoms with Gasteiger partial charge in [0.2, 0.25) is 0 Å². The minimum atomic E-state index is -0.750. The van der Waals surface area contributed by atoms with E-state index in [4.69, 9.17) is 23.7 Å². The van der Waals surface area contributed by atoms with E-state index in [-0.39, 0.29) is 25.4 Å². The van der Waals surface area contributed by atoms with Crippen molar-refractivity contribution < 1.29 is 33.3 Å². The first-order chi connectivity index (χ1) is 19.8. The van der Waals surface area contributed by atoms with E-state index in [1.54, 1.807) is 64.3 Å². The van der Waals surface area contributed by atoms with Gasteiger partial charge in [0, 0.05) is 0 Å². The molecule has 0 radical (unpaired) electrons. The second kappa shape index (κ2) is 13.3. The van der Waals surface area contributed by atoms with Crippen molar-refractivity contribution in [2.45, 2.75) is 33.7 Å². The van der Waals surface area contributed by atoms with Gasteiger partial charge in [-0.3, -0.25) is 9.36 Å². The van der Waals surface area contributed by atoms with Gasteiger partial charge in [0.05, 0.1) is 48.8 Å². The zero-order valence-electron chi connectivity index (χ0n) is 23.6. The molecule has 11 heteroatoms. The van der Waals surface area contributed by atoms with Crippen molar-refractivity contribution in [3.63, 3.8) is 0 Å². The largest absolute Gasteiger partial charge is 0.497 e. The quantitative estimate of drug-likeness (QED) is 0.318. The van der Waals surface area contributed by atoms with Crippen LogP contribution < -0.4 is 29.1 Å². The number of hydrogen-bond donors (Lipinski definition) is 0. The fourth-order valence-electron chi connectivity index (χ4n) is 4.41. The minimum absolute atomic E-state index is 0.187. The van der Waals surface area contributed by atoms with E-state index in [1.165, 1.54) is 15.9 Å². The highest BCUT2D eigenvalue weighted by atomic mass is 32.1. The summed E-state index contributed by atoms with van der Waals surface area (Å²) in [5, 5.41) is 0. The lowest BCUT2D eigenvalue weighted by Crippen LogP contribution is -2.39. The number of carbonyl (C=O) groups excluding carboxylic acids is 2. The Balaban J connectivity index is 1.81. The number of esters is 2. The Kier molecular flexibility index (Phi) is 9.61. The van der Waals surface area contributed by atoms with Crippen molar-refractivity contribution >= 4 is 29.4 Å². The van der Waals surface area contributed by atoms with Gasteiger partial charge in [-0.1, -0.05) is 29.5 Å². The maximum absolute atomic E-state index is 13.9. The van der Waals surface area contributed by atoms with Crippen molar-refractivity contribution in [1.82, 2.24) is 4.57 Å². The van der Waals surface area contributed by atoms with Crippen LogP contribution in [0.3, 0.4) is 0 Å². The molecule has 1 aliphatic heterocycles. The van der Waals surface area contributed by atoms with Gasteiger partial charge in [0.1, 0.15) is 5.75 Å². The number of allylic oxidation sites excluding steroid dienone is 1. The van der Waals surface area contributed by atoms with Crippen LogP contribution in [0, 0.1) is 0 Å². The predicted molar refractivity (Wildman–Crippen MR) is 153 cm³/mol. The molecule has 10 nitrogen and oxygen atoms in total. The summed E-state index contributed by atoms with van der Waals surface area (Å²) in [6, 6.07) is 11.7. The van der Waals surface area contributed by atoms with Gasteiger partial charge in [-0.25, -0.2) is 14.6 Å². The fraction of sp³-hybridized carbons (Fsp3) is 0.333. The Labute approximate surface area is 241 Å². The zero-order valence-corrected chi connectivity index (χ0v) is 24.4. The molecule has 1 aromatic heterocycles. The van der Waals surface area contributed by atoms with E-state index in [1.807, 2.05) is 19.1 Å². The lowest BCUT2D eigenvalue weighted by Gasteiger charge is -2.25. The number of rotatable bonds is 11. The SMILES string of the molecule is CCOC(=O)COc1ccc(/C=c2\sc3n(c2=O)[C@@H](c2cccc(OC)c2)C(C(=O)OCC)=C(C)N=3)cc1OCC. The first-order valence-electron chi connectivity index (χ1n) is 13.2. The molecule has 3 aromatic rings. The van der Waals surface area contributed by atoms with Gasteiger partial charge in [0.25, 0.3) is 5.56 Å². The molecule has 2 heterocycles. The summed E-state index contributed by atoms with van der Waals surface area (Å²) in [5.41, 5.74) is 1.83. The van der Waals surface area contributed by atoms with E-state index in [0.29, 0.717) is 55.6 Å². The minimum Gasteiger partial charge on any atom is -0.497 e. The van der Waals surface area contributed by atoms with Crippen molar-refractivity contribution in [2.75, 3.05) is 33.5 Å². The van der Waals surface area contributed by atoms with Gasteiger partial charge in [-0.05, 0) is 69.2 Å². The average Bonchev–Trinajstić information content (AvgIpc) is 3.26. The number of hydrogen-bond acceptors (Lipinski definition) is 10. The Hall–Kier alpha value is -4.38. The second-order valence-corrected chi connectivity index (χ2v) is 9.82. The van der Waals surface area contributed by atoms with Crippen LogP contribution >= 0.6 is 11.3 Å². The summed E-state index contributed by atoms with van der Waals surface area (Å²) >= 11 is 1.22. The number of thiazole rings is 1. The Bertz CT molecular complexity index is 1650. The van der Waals surface area contributed by atoms with Gasteiger partial charge >= 0.3 is 11.9 Å². The van der Waals surface area contributed by atoms with E-state index < -0.39 is 18.0 Å². The third-order valence-electron chi connectivity index (χ3n) is 6.14. The smallest absolute Gasteiger partial charge is 0.344 e. The molecule has 0 saturated carbocycles. The average molecular weight is 581 g/mol. The molecule has 2 aromatic carbocycles. The standard InChI is InChI=1S/C30H32N2O8S/c1-6-37-23-14-19(12-13-22(23)40-17-25(33)38-7-2)15-24-28(34)32-27(20-10-9-11-21(16-20)36-5)26(29(35)39-8-3)18(4)31-30(32)41-24/h9-16,27H,6-8,17H2,1-5H3/b24-15-/t27-/m0/s1. The van der Waals surface area contributed by atoms with Gasteiger partial charge in [-0.2, -0.15) is 0 Å². The molecule has 41 heavy (non-hydrogen) atoms. The number of benzene rings is 2. The van der Waals surface area contributed by atoms with Crippen molar-refractivity contribution in [2.24, 2.45) is 4.99 Å². The topological polar surface area (TPSA) is 115 Å². The fourth-order valence-corrected chi connectivity index (χ4v) is 5.46. The third kappa shape index (κ3) is 6.51. The van der Waals surface area contributed by atoms with Crippen LogP contribution in [0.5, 0.6) is 17.2 Å². The van der Waals surface area contributed by atoms with Crippen molar-refractivity contribution in [3.8, 4) is 17.2 Å². The summed E-state index contributed by atoms with van der Waals surface area (Å²) < 4.78 is 28.9. The molecule has 216 valence electrons. The molecular weight excluding hydrogens is 548 g/mol. The highest BCUT2D eigenvalue weighted by Gasteiger charge is 2.33. The molecule has 1 atom stereocenters. The maximum Gasteiger partial charge on any atom is 0.344 e. The molecule has 1 aliphatic rings. The molecule has 0 spiro atoms. The number of fused-ring (bicyclic) bond motifs is 1. The van der Waals surface area contributed by atoms with Crippen LogP contribution in [0.25, 0.3) is 6.08 Å². The zero-order chi connectivity index (χ0) is 29.5. The molecule has 0 fully saturated rings. The normalized spacial score (nSPS) is 14.7. The number of nitrogens with zero attached hydrogens (tertiary/aromatic N) is 2. The molecule has 0 amide bonds. The van der Waals surface area contributed by atoms with Crippen LogP contribution in [0.15, 0.2) is 63.5 Å². The first-order valence-corrected chi connectivity index (χ1v) is 14.0. The van der Waals surface area contributed by atoms with Gasteiger partial charge < -0.3 is 23.7 Å². The highest BCUT2D eigenvalue weighted by Crippen LogP contribution is 2.32. The van der Waals surface area contributed by atoms with E-state index >= 15 is 0 Å². The van der Waals surface area contributed by atoms with Crippen LogP contribution in [0.1, 0.15) is 44.9 Å². The second-order valence-electron chi connectivity index (χ2n) is 8.81. The summed E-state index contributed by atoms with van der Waals surface area (Å²) in [6.07, 6.45) is 1.73. The Morgan fingerprint density at radius 3 is 2.49 bits per heavy atom. The van der Waals surface area contributed by atoms with Crippen molar-refractivity contribution in [1.29, 1.82) is 0 Å². The predicted octanol–water partition coefficient (Wildman–Crippen LogP) is 3.15. The Morgan fingerprint density at radius 2 is 1.78 bits per heavy atom. The van der Waals surface area contributed by atoms with Crippen LogP contribution in [-0.2, 0) is 19.1 Å². The molecule has 0 unspecified atom stereocenters. The number of carbonyl (C=O) groups is 2. The summed E-state index contributed by atoms with van der Waals surface area (Å²) in [4.78, 5) is 43.8. The summed E-state index contributed by atoms with van der Waals surface area (Å²) in [5.74, 6) is 0.384. The molecule has 0 aliphatic carbocycles. The number of ether oxygens (including phenoxy) is 5. The molecule has 0 saturated heterocycles. The lowest BCUT2D eigenvalue weighted by atomic mass is 9.95. The summed E-state index contributed by atoms with van der Waals surface area (Å²) in [7, 11) is 1.56. The monoisotopic (exact) mass is 580 g/mol. The number of aromatic nitrogens is 1. The van der Waals surface area contributed by atoms with Crippen LogP contribution in [0.4, 0.5) is 0 Å². The first kappa shape index (κ1) is 29.6. The molecular formula is C30H32N2O8S.